The predicted octanol–water partition coefficient (Wildman–Crippen LogP) is 6.02. The lowest BCUT2D eigenvalue weighted by Crippen LogP contribution is -2.34. The molecule has 2 fully saturated rings. The van der Waals surface area contributed by atoms with Gasteiger partial charge in [0.05, 0.1) is 25.8 Å². The van der Waals surface area contributed by atoms with E-state index in [4.69, 9.17) is 24.7 Å². The molecule has 3 heterocycles. The van der Waals surface area contributed by atoms with Crippen LogP contribution < -0.4 is 25.4 Å². The van der Waals surface area contributed by atoms with Crippen LogP contribution in [0.2, 0.25) is 0 Å². The van der Waals surface area contributed by atoms with Crippen LogP contribution in [0.5, 0.6) is 17.2 Å². The highest BCUT2D eigenvalue weighted by Crippen LogP contribution is 2.40. The maximum atomic E-state index is 13.9. The fraction of sp³-hybridized carbons (Fsp3) is 0.417. The number of rotatable bonds is 9. The first kappa shape index (κ1) is 30.6. The number of carbonyl (C=O) groups excluding carboxylic acids is 1. The number of carbonyl (C=O) groups is 1. The zero-order valence-electron chi connectivity index (χ0n) is 26.2. The highest BCUT2D eigenvalue weighted by Gasteiger charge is 2.32. The Morgan fingerprint density at radius 2 is 1.64 bits per heavy atom. The van der Waals surface area contributed by atoms with E-state index in [1.807, 2.05) is 55.6 Å². The van der Waals surface area contributed by atoms with Crippen molar-refractivity contribution in [2.24, 2.45) is 11.7 Å². The number of hydrogen-bond donors (Lipinski definition) is 1. The Balaban J connectivity index is 1.31. The average Bonchev–Trinajstić information content (AvgIpc) is 3.06. The largest absolute Gasteiger partial charge is 0.493 e. The number of fused-ring (bicyclic) bond motifs is 1. The van der Waals surface area contributed by atoms with Gasteiger partial charge in [-0.05, 0) is 69.1 Å². The summed E-state index contributed by atoms with van der Waals surface area (Å²) in [5, 5.41) is 0.852. The molecule has 4 aromatic rings. The minimum atomic E-state index is -0.671. The molecule has 1 aliphatic heterocycles. The SMILES string of the molecule is COc1cc2nccc(OC3CCC(c4c(C(N)=O)c(=O)c(-c5ccc(C)cc5)cn4CC4CCOCC4)CC3)c2cc1OC. The van der Waals surface area contributed by atoms with Gasteiger partial charge in [-0.1, -0.05) is 29.8 Å². The number of nitrogens with zero attached hydrogens (tertiary/aromatic N) is 2. The van der Waals surface area contributed by atoms with Crippen LogP contribution in [-0.2, 0) is 11.3 Å². The second-order valence-corrected chi connectivity index (χ2v) is 12.2. The van der Waals surface area contributed by atoms with Gasteiger partial charge >= 0.3 is 0 Å². The van der Waals surface area contributed by atoms with Crippen molar-refractivity contribution in [3.05, 3.63) is 81.9 Å². The molecule has 236 valence electrons. The summed E-state index contributed by atoms with van der Waals surface area (Å²) in [6.45, 7) is 4.16. The fourth-order valence-corrected chi connectivity index (χ4v) is 6.84. The summed E-state index contributed by atoms with van der Waals surface area (Å²) in [6.07, 6.45) is 8.61. The normalized spacial score (nSPS) is 18.9. The van der Waals surface area contributed by atoms with E-state index >= 15 is 0 Å². The smallest absolute Gasteiger partial charge is 0.254 e. The van der Waals surface area contributed by atoms with E-state index in [9.17, 15) is 9.59 Å². The molecule has 2 aromatic heterocycles. The molecule has 2 aromatic carbocycles. The molecule has 0 unspecified atom stereocenters. The zero-order valence-corrected chi connectivity index (χ0v) is 26.2. The first-order chi connectivity index (χ1) is 21.9. The number of benzene rings is 2. The number of pyridine rings is 2. The van der Waals surface area contributed by atoms with Crippen LogP contribution in [0.1, 0.15) is 66.1 Å². The molecule has 45 heavy (non-hydrogen) atoms. The van der Waals surface area contributed by atoms with Gasteiger partial charge in [-0.3, -0.25) is 14.6 Å². The molecular formula is C36H41N3O6. The molecule has 2 aliphatic rings. The standard InChI is InChI=1S/C36H41N3O6/c1-22-4-6-24(7-5-22)28-21-39(20-23-13-16-44-17-14-23)34(33(35(28)40)36(37)41)25-8-10-26(11-9-25)45-30-12-15-38-29-19-32(43-3)31(42-2)18-27(29)30/h4-7,12,15,18-19,21,23,25-26H,8-11,13-14,16-17,20H2,1-3H3,(H2,37,41). The number of aryl methyl sites for hydroxylation is 1. The van der Waals surface area contributed by atoms with Crippen LogP contribution in [0.15, 0.2) is 59.7 Å². The number of amides is 1. The van der Waals surface area contributed by atoms with Crippen LogP contribution in [0.25, 0.3) is 22.0 Å². The van der Waals surface area contributed by atoms with Crippen molar-refractivity contribution in [2.75, 3.05) is 27.4 Å². The maximum Gasteiger partial charge on any atom is 0.254 e. The second-order valence-electron chi connectivity index (χ2n) is 12.2. The number of nitrogens with two attached hydrogens (primary N) is 1. The summed E-state index contributed by atoms with van der Waals surface area (Å²) in [7, 11) is 3.21. The van der Waals surface area contributed by atoms with Gasteiger partial charge in [0.1, 0.15) is 11.3 Å². The van der Waals surface area contributed by atoms with Crippen LogP contribution in [-0.4, -0.2) is 49.0 Å². The third-order valence-corrected chi connectivity index (χ3v) is 9.29. The number of hydrogen-bond acceptors (Lipinski definition) is 7. The molecule has 1 aliphatic carbocycles. The number of aromatic nitrogens is 2. The van der Waals surface area contributed by atoms with Gasteiger partial charge in [0.2, 0.25) is 5.43 Å². The third-order valence-electron chi connectivity index (χ3n) is 9.29. The molecular weight excluding hydrogens is 570 g/mol. The lowest BCUT2D eigenvalue weighted by atomic mass is 9.82. The maximum absolute atomic E-state index is 13.9. The molecule has 1 saturated carbocycles. The summed E-state index contributed by atoms with van der Waals surface area (Å²) in [4.78, 5) is 31.5. The van der Waals surface area contributed by atoms with Crippen molar-refractivity contribution < 1.29 is 23.7 Å². The Labute approximate surface area is 263 Å². The van der Waals surface area contributed by atoms with Crippen molar-refractivity contribution in [2.45, 2.75) is 64.0 Å². The average molecular weight is 612 g/mol. The van der Waals surface area contributed by atoms with Crippen LogP contribution in [0.3, 0.4) is 0 Å². The van der Waals surface area contributed by atoms with Gasteiger partial charge in [0, 0.05) is 60.8 Å². The summed E-state index contributed by atoms with van der Waals surface area (Å²) in [6, 6.07) is 13.5. The van der Waals surface area contributed by atoms with Crippen LogP contribution in [0.4, 0.5) is 0 Å². The van der Waals surface area contributed by atoms with Crippen molar-refractivity contribution in [3.8, 4) is 28.4 Å². The fourth-order valence-electron chi connectivity index (χ4n) is 6.84. The Kier molecular flexibility index (Phi) is 9.07. The zero-order chi connectivity index (χ0) is 31.5. The second kappa shape index (κ2) is 13.3. The molecule has 1 amide bonds. The minimum Gasteiger partial charge on any atom is -0.493 e. The molecule has 9 nitrogen and oxygen atoms in total. The molecule has 0 bridgehead atoms. The summed E-state index contributed by atoms with van der Waals surface area (Å²) >= 11 is 0. The quantitative estimate of drug-likeness (QED) is 0.246. The van der Waals surface area contributed by atoms with Gasteiger partial charge in [0.15, 0.2) is 11.5 Å². The van der Waals surface area contributed by atoms with E-state index in [1.165, 1.54) is 0 Å². The van der Waals surface area contributed by atoms with Crippen LogP contribution in [0, 0.1) is 12.8 Å². The van der Waals surface area contributed by atoms with E-state index < -0.39 is 5.91 Å². The van der Waals surface area contributed by atoms with Gasteiger partial charge in [0.25, 0.3) is 5.91 Å². The lowest BCUT2D eigenvalue weighted by Gasteiger charge is -2.33. The molecule has 1 saturated heterocycles. The first-order valence-electron chi connectivity index (χ1n) is 15.8. The van der Waals surface area contributed by atoms with Crippen molar-refractivity contribution >= 4 is 16.8 Å². The van der Waals surface area contributed by atoms with E-state index in [0.717, 1.165) is 85.2 Å². The van der Waals surface area contributed by atoms with E-state index in [-0.39, 0.29) is 23.0 Å². The summed E-state index contributed by atoms with van der Waals surface area (Å²) in [5.41, 5.74) is 9.74. The topological polar surface area (TPSA) is 115 Å². The summed E-state index contributed by atoms with van der Waals surface area (Å²) in [5.74, 6) is 1.69. The Morgan fingerprint density at radius 1 is 0.956 bits per heavy atom. The third kappa shape index (κ3) is 6.40. The molecule has 2 N–H and O–H groups in total. The summed E-state index contributed by atoms with van der Waals surface area (Å²) < 4.78 is 25.3. The highest BCUT2D eigenvalue weighted by atomic mass is 16.5. The molecule has 0 spiro atoms. The van der Waals surface area contributed by atoms with Crippen molar-refractivity contribution in [3.63, 3.8) is 0 Å². The van der Waals surface area contributed by atoms with Gasteiger partial charge in [-0.2, -0.15) is 0 Å². The number of methoxy groups -OCH3 is 2. The van der Waals surface area contributed by atoms with E-state index in [0.29, 0.717) is 29.5 Å². The first-order valence-corrected chi connectivity index (χ1v) is 15.8. The van der Waals surface area contributed by atoms with Gasteiger partial charge in [-0.25, -0.2) is 0 Å². The predicted molar refractivity (Wildman–Crippen MR) is 173 cm³/mol. The van der Waals surface area contributed by atoms with Gasteiger partial charge < -0.3 is 29.2 Å². The van der Waals surface area contributed by atoms with E-state index in [1.54, 1.807) is 20.4 Å². The van der Waals surface area contributed by atoms with Crippen molar-refractivity contribution in [1.29, 1.82) is 0 Å². The van der Waals surface area contributed by atoms with Gasteiger partial charge in [-0.15, -0.1) is 0 Å². The molecule has 0 radical (unpaired) electrons. The molecule has 0 atom stereocenters. The Bertz CT molecular complexity index is 1730. The molecule has 6 rings (SSSR count). The number of ether oxygens (including phenoxy) is 4. The number of primary amides is 1. The van der Waals surface area contributed by atoms with E-state index in [2.05, 4.69) is 9.55 Å². The molecule has 9 heteroatoms. The monoisotopic (exact) mass is 611 g/mol. The Hall–Kier alpha value is -4.37. The van der Waals surface area contributed by atoms with Crippen molar-refractivity contribution in [1.82, 2.24) is 9.55 Å². The Morgan fingerprint density at radius 3 is 2.31 bits per heavy atom. The minimum absolute atomic E-state index is 0.00509. The lowest BCUT2D eigenvalue weighted by molar-refractivity contribution is 0.0606. The highest BCUT2D eigenvalue weighted by molar-refractivity contribution is 5.95. The van der Waals surface area contributed by atoms with Crippen LogP contribution >= 0.6 is 0 Å².